The van der Waals surface area contributed by atoms with Gasteiger partial charge in [-0.1, -0.05) is 6.92 Å². The van der Waals surface area contributed by atoms with Gasteiger partial charge in [0.25, 0.3) is 0 Å². The standard InChI is InChI=1S/C18H21NO3/c1-2-9-19-10-15-16(21-11-19)8-7-13-12-5-3-4-6-14(12)18(20)22-17(13)15/h7-8H,2-6,9-11H2,1H3. The van der Waals surface area contributed by atoms with Crippen molar-refractivity contribution >= 4 is 11.0 Å². The Hall–Kier alpha value is -1.81. The molecule has 0 radical (unpaired) electrons. The van der Waals surface area contributed by atoms with Crippen LogP contribution in [0.1, 0.15) is 42.9 Å². The zero-order valence-corrected chi connectivity index (χ0v) is 13.0. The largest absolute Gasteiger partial charge is 0.478 e. The van der Waals surface area contributed by atoms with Gasteiger partial charge in [-0.2, -0.15) is 0 Å². The SMILES string of the molecule is CCCN1COc2ccc3c4c(c(=O)oc3c2C1)CCCC4. The molecule has 0 saturated heterocycles. The molecular formula is C18H21NO3. The van der Waals surface area contributed by atoms with Crippen LogP contribution in [-0.2, 0) is 19.4 Å². The fraction of sp³-hybridized carbons (Fsp3) is 0.500. The maximum Gasteiger partial charge on any atom is 0.339 e. The summed E-state index contributed by atoms with van der Waals surface area (Å²) in [4.78, 5) is 14.6. The van der Waals surface area contributed by atoms with E-state index in [-0.39, 0.29) is 5.63 Å². The predicted octanol–water partition coefficient (Wildman–Crippen LogP) is 3.23. The molecule has 0 unspecified atom stereocenters. The van der Waals surface area contributed by atoms with E-state index in [2.05, 4.69) is 17.9 Å². The van der Waals surface area contributed by atoms with Crippen molar-refractivity contribution in [3.63, 3.8) is 0 Å². The van der Waals surface area contributed by atoms with Crippen LogP contribution in [0.15, 0.2) is 21.3 Å². The molecular weight excluding hydrogens is 278 g/mol. The van der Waals surface area contributed by atoms with E-state index < -0.39 is 0 Å². The highest BCUT2D eigenvalue weighted by molar-refractivity contribution is 5.86. The molecule has 1 aliphatic heterocycles. The lowest BCUT2D eigenvalue weighted by Crippen LogP contribution is -2.32. The van der Waals surface area contributed by atoms with Crippen molar-refractivity contribution in [3.8, 4) is 5.75 Å². The number of rotatable bonds is 2. The van der Waals surface area contributed by atoms with Crippen molar-refractivity contribution in [2.75, 3.05) is 13.3 Å². The van der Waals surface area contributed by atoms with Crippen LogP contribution < -0.4 is 10.4 Å². The first kappa shape index (κ1) is 13.8. The molecule has 0 saturated carbocycles. The summed E-state index contributed by atoms with van der Waals surface area (Å²) in [5.41, 5.74) is 3.71. The number of ether oxygens (including phenoxy) is 1. The van der Waals surface area contributed by atoms with E-state index in [4.69, 9.17) is 9.15 Å². The van der Waals surface area contributed by atoms with Gasteiger partial charge in [0, 0.05) is 24.0 Å². The van der Waals surface area contributed by atoms with Gasteiger partial charge in [0.1, 0.15) is 18.1 Å². The van der Waals surface area contributed by atoms with Crippen LogP contribution in [0.3, 0.4) is 0 Å². The highest BCUT2D eigenvalue weighted by atomic mass is 16.5. The molecule has 0 amide bonds. The molecule has 116 valence electrons. The molecule has 1 aliphatic carbocycles. The molecule has 0 spiro atoms. The van der Waals surface area contributed by atoms with Crippen molar-refractivity contribution < 1.29 is 9.15 Å². The van der Waals surface area contributed by atoms with E-state index in [0.29, 0.717) is 6.73 Å². The van der Waals surface area contributed by atoms with E-state index in [1.807, 2.05) is 6.07 Å². The molecule has 4 nitrogen and oxygen atoms in total. The van der Waals surface area contributed by atoms with Crippen LogP contribution in [0.25, 0.3) is 11.0 Å². The minimum atomic E-state index is -0.150. The third kappa shape index (κ3) is 2.13. The van der Waals surface area contributed by atoms with Gasteiger partial charge in [-0.25, -0.2) is 4.79 Å². The number of hydrogen-bond donors (Lipinski definition) is 0. The average Bonchev–Trinajstić information content (AvgIpc) is 2.55. The molecule has 22 heavy (non-hydrogen) atoms. The molecule has 4 rings (SSSR count). The lowest BCUT2D eigenvalue weighted by molar-refractivity contribution is 0.0957. The average molecular weight is 299 g/mol. The summed E-state index contributed by atoms with van der Waals surface area (Å²) < 4.78 is 11.6. The Morgan fingerprint density at radius 1 is 1.14 bits per heavy atom. The number of hydrogen-bond acceptors (Lipinski definition) is 4. The number of nitrogens with zero attached hydrogens (tertiary/aromatic N) is 1. The van der Waals surface area contributed by atoms with E-state index >= 15 is 0 Å². The Bertz CT molecular complexity index is 778. The summed E-state index contributed by atoms with van der Waals surface area (Å²) in [6.07, 6.45) is 5.16. The summed E-state index contributed by atoms with van der Waals surface area (Å²) in [5, 5.41) is 1.11. The van der Waals surface area contributed by atoms with E-state index in [0.717, 1.165) is 73.0 Å². The summed E-state index contributed by atoms with van der Waals surface area (Å²) in [6.45, 7) is 4.56. The van der Waals surface area contributed by atoms with Crippen LogP contribution in [0, 0.1) is 0 Å². The summed E-state index contributed by atoms with van der Waals surface area (Å²) >= 11 is 0. The first-order chi connectivity index (χ1) is 10.8. The van der Waals surface area contributed by atoms with Gasteiger partial charge in [-0.3, -0.25) is 4.90 Å². The molecule has 2 aliphatic rings. The first-order valence-corrected chi connectivity index (χ1v) is 8.23. The van der Waals surface area contributed by atoms with Gasteiger partial charge in [-0.15, -0.1) is 0 Å². The van der Waals surface area contributed by atoms with Crippen LogP contribution in [0.4, 0.5) is 0 Å². The summed E-state index contributed by atoms with van der Waals surface area (Å²) in [5.74, 6) is 0.860. The molecule has 2 heterocycles. The Labute approximate surface area is 129 Å². The molecule has 0 fully saturated rings. The Balaban J connectivity index is 1.91. The van der Waals surface area contributed by atoms with Gasteiger partial charge in [0.15, 0.2) is 0 Å². The van der Waals surface area contributed by atoms with Crippen molar-refractivity contribution in [3.05, 3.63) is 39.2 Å². The van der Waals surface area contributed by atoms with Crippen molar-refractivity contribution in [1.82, 2.24) is 4.90 Å². The molecule has 0 atom stereocenters. The van der Waals surface area contributed by atoms with E-state index in [1.165, 1.54) is 5.56 Å². The van der Waals surface area contributed by atoms with Gasteiger partial charge in [-0.05, 0) is 49.8 Å². The van der Waals surface area contributed by atoms with E-state index in [1.54, 1.807) is 0 Å². The lowest BCUT2D eigenvalue weighted by Gasteiger charge is -2.29. The van der Waals surface area contributed by atoms with E-state index in [9.17, 15) is 4.79 Å². The first-order valence-electron chi connectivity index (χ1n) is 8.23. The molecule has 0 N–H and O–H groups in total. The summed E-state index contributed by atoms with van der Waals surface area (Å²) in [6, 6.07) is 4.10. The van der Waals surface area contributed by atoms with Crippen LogP contribution in [0.5, 0.6) is 5.75 Å². The van der Waals surface area contributed by atoms with Crippen LogP contribution >= 0.6 is 0 Å². The maximum absolute atomic E-state index is 12.3. The molecule has 4 heteroatoms. The quantitative estimate of drug-likeness (QED) is 0.799. The smallest absolute Gasteiger partial charge is 0.339 e. The second-order valence-electron chi connectivity index (χ2n) is 6.30. The monoisotopic (exact) mass is 299 g/mol. The fourth-order valence-electron chi connectivity index (χ4n) is 3.72. The lowest BCUT2D eigenvalue weighted by atomic mass is 9.90. The minimum Gasteiger partial charge on any atom is -0.478 e. The van der Waals surface area contributed by atoms with Gasteiger partial charge < -0.3 is 9.15 Å². The second kappa shape index (κ2) is 5.43. The second-order valence-corrected chi connectivity index (χ2v) is 6.30. The fourth-order valence-corrected chi connectivity index (χ4v) is 3.72. The molecule has 1 aromatic carbocycles. The van der Waals surface area contributed by atoms with Gasteiger partial charge >= 0.3 is 5.63 Å². The molecule has 1 aromatic heterocycles. The van der Waals surface area contributed by atoms with Crippen molar-refractivity contribution in [1.29, 1.82) is 0 Å². The highest BCUT2D eigenvalue weighted by Crippen LogP contribution is 2.35. The Morgan fingerprint density at radius 3 is 2.77 bits per heavy atom. The van der Waals surface area contributed by atoms with Gasteiger partial charge in [0.2, 0.25) is 0 Å². The van der Waals surface area contributed by atoms with Crippen LogP contribution in [0.2, 0.25) is 0 Å². The Kier molecular flexibility index (Phi) is 3.41. The third-order valence-electron chi connectivity index (χ3n) is 4.78. The number of fused-ring (bicyclic) bond motifs is 5. The highest BCUT2D eigenvalue weighted by Gasteiger charge is 2.24. The van der Waals surface area contributed by atoms with Crippen molar-refractivity contribution in [2.24, 2.45) is 0 Å². The third-order valence-corrected chi connectivity index (χ3v) is 4.78. The normalized spacial score (nSPS) is 17.9. The molecule has 2 aromatic rings. The number of benzene rings is 1. The maximum atomic E-state index is 12.3. The zero-order chi connectivity index (χ0) is 15.1. The Morgan fingerprint density at radius 2 is 1.95 bits per heavy atom. The zero-order valence-electron chi connectivity index (χ0n) is 13.0. The topological polar surface area (TPSA) is 42.7 Å². The van der Waals surface area contributed by atoms with Crippen molar-refractivity contribution in [2.45, 2.75) is 45.6 Å². The number of aryl methyl sites for hydroxylation is 1. The molecule has 0 bridgehead atoms. The van der Waals surface area contributed by atoms with Gasteiger partial charge in [0.05, 0.1) is 5.56 Å². The minimum absolute atomic E-state index is 0.150. The summed E-state index contributed by atoms with van der Waals surface area (Å²) in [7, 11) is 0. The van der Waals surface area contributed by atoms with Crippen LogP contribution in [-0.4, -0.2) is 18.2 Å². The predicted molar refractivity (Wildman–Crippen MR) is 85.3 cm³/mol.